The van der Waals surface area contributed by atoms with E-state index in [9.17, 15) is 19.2 Å². The van der Waals surface area contributed by atoms with Crippen LogP contribution in [0.4, 0.5) is 11.5 Å². The van der Waals surface area contributed by atoms with E-state index in [1.165, 1.54) is 12.1 Å². The average molecular weight is 853 g/mol. The van der Waals surface area contributed by atoms with E-state index in [2.05, 4.69) is 57.3 Å². The van der Waals surface area contributed by atoms with Crippen molar-refractivity contribution in [1.82, 2.24) is 20.2 Å². The number of benzene rings is 3. The minimum atomic E-state index is -1.01. The lowest BCUT2D eigenvalue weighted by atomic mass is 10.0. The molecule has 2 aliphatic heterocycles. The zero-order valence-electron chi connectivity index (χ0n) is 33.8. The molecule has 4 amide bonds. The Labute approximate surface area is 356 Å². The Morgan fingerprint density at radius 3 is 2.00 bits per heavy atom. The number of amides is 4. The molecule has 1 saturated heterocycles. The van der Waals surface area contributed by atoms with Crippen LogP contribution in [0.3, 0.4) is 0 Å². The van der Waals surface area contributed by atoms with Crippen LogP contribution in [-0.4, -0.2) is 131 Å². The maximum absolute atomic E-state index is 13.0. The second kappa shape index (κ2) is 21.6. The molecule has 1 unspecified atom stereocenters. The number of nitrogens with one attached hydrogen (secondary N) is 3. The first-order chi connectivity index (χ1) is 29.9. The Kier molecular flexibility index (Phi) is 15.3. The first-order valence-electron chi connectivity index (χ1n) is 20.1. The Balaban J connectivity index is 0.654. The highest BCUT2D eigenvalue weighted by molar-refractivity contribution is 7.21. The van der Waals surface area contributed by atoms with Crippen LogP contribution in [0, 0.1) is 0 Å². The number of imide groups is 2. The topological polar surface area (TPSA) is 189 Å². The molecule has 0 saturated carbocycles. The summed E-state index contributed by atoms with van der Waals surface area (Å²) in [6, 6.07) is 22.2. The monoisotopic (exact) mass is 852 g/mol. The van der Waals surface area contributed by atoms with E-state index in [1.54, 1.807) is 17.4 Å². The molecule has 3 N–H and O–H groups in total. The van der Waals surface area contributed by atoms with Crippen LogP contribution in [0.2, 0.25) is 0 Å². The fraction of sp³-hybridized carbons (Fsp3) is 0.364. The highest BCUT2D eigenvalue weighted by Gasteiger charge is 2.44. The molecule has 1 fully saturated rings. The van der Waals surface area contributed by atoms with Crippen molar-refractivity contribution >= 4 is 56.7 Å². The lowest BCUT2D eigenvalue weighted by molar-refractivity contribution is -0.136. The highest BCUT2D eigenvalue weighted by atomic mass is 32.1. The molecule has 17 heteroatoms. The maximum atomic E-state index is 13.0. The van der Waals surface area contributed by atoms with E-state index < -0.39 is 29.7 Å². The minimum absolute atomic E-state index is 0.0614. The molecule has 61 heavy (non-hydrogen) atoms. The normalized spacial score (nSPS) is 15.0. The first-order valence-corrected chi connectivity index (χ1v) is 21.0. The fourth-order valence-electron chi connectivity index (χ4n) is 6.67. The molecule has 0 bridgehead atoms. The summed E-state index contributed by atoms with van der Waals surface area (Å²) >= 11 is 1.69. The molecule has 2 aliphatic rings. The summed E-state index contributed by atoms with van der Waals surface area (Å²) < 4.78 is 34.7. The van der Waals surface area contributed by atoms with Crippen LogP contribution in [0.1, 0.15) is 33.6 Å². The lowest BCUT2D eigenvalue weighted by Crippen LogP contribution is -2.54. The number of carbonyl (C=O) groups is 4. The Morgan fingerprint density at radius 2 is 1.34 bits per heavy atom. The number of aromatic nitrogens is 2. The summed E-state index contributed by atoms with van der Waals surface area (Å²) in [6.07, 6.45) is 2.03. The number of rotatable bonds is 24. The van der Waals surface area contributed by atoms with Crippen LogP contribution in [0.25, 0.3) is 31.9 Å². The molecule has 0 aliphatic carbocycles. The molecule has 2 aromatic heterocycles. The van der Waals surface area contributed by atoms with Gasteiger partial charge in [-0.1, -0.05) is 24.3 Å². The van der Waals surface area contributed by atoms with E-state index in [-0.39, 0.29) is 37.2 Å². The van der Waals surface area contributed by atoms with Crippen molar-refractivity contribution in [2.75, 3.05) is 96.9 Å². The van der Waals surface area contributed by atoms with Crippen molar-refractivity contribution in [3.63, 3.8) is 0 Å². The van der Waals surface area contributed by atoms with Gasteiger partial charge in [0.25, 0.3) is 11.8 Å². The zero-order chi connectivity index (χ0) is 42.4. The van der Waals surface area contributed by atoms with Gasteiger partial charge < -0.3 is 39.1 Å². The molecule has 3 aromatic carbocycles. The molecule has 7 rings (SSSR count). The van der Waals surface area contributed by atoms with E-state index >= 15 is 0 Å². The molecule has 4 heterocycles. The molecule has 320 valence electrons. The molecule has 0 radical (unpaired) electrons. The lowest BCUT2D eigenvalue weighted by Gasteiger charge is -2.27. The first kappa shape index (κ1) is 43.3. The Morgan fingerprint density at radius 1 is 0.705 bits per heavy atom. The van der Waals surface area contributed by atoms with Crippen LogP contribution in [-0.2, 0) is 33.3 Å². The number of hydrogen-bond donors (Lipinski definition) is 3. The number of hydrogen-bond acceptors (Lipinski definition) is 15. The Hall–Kier alpha value is -5.82. The van der Waals surface area contributed by atoms with Crippen molar-refractivity contribution in [1.29, 1.82) is 0 Å². The second-order valence-electron chi connectivity index (χ2n) is 14.0. The van der Waals surface area contributed by atoms with Gasteiger partial charge in [0.05, 0.1) is 87.4 Å². The van der Waals surface area contributed by atoms with Crippen molar-refractivity contribution in [3.8, 4) is 27.4 Å². The van der Waals surface area contributed by atoms with Crippen molar-refractivity contribution in [2.45, 2.75) is 18.9 Å². The largest absolute Gasteiger partial charge is 0.491 e. The fourth-order valence-corrected chi connectivity index (χ4v) is 7.68. The van der Waals surface area contributed by atoms with Crippen LogP contribution >= 0.6 is 11.3 Å². The number of fused-ring (bicyclic) bond motifs is 2. The quantitative estimate of drug-likeness (QED) is 0.0553. The number of thiazole rings is 1. The van der Waals surface area contributed by atoms with Gasteiger partial charge in [0.15, 0.2) is 0 Å². The molecule has 16 nitrogen and oxygen atoms in total. The molecule has 0 spiro atoms. The number of anilines is 2. The van der Waals surface area contributed by atoms with E-state index in [0.29, 0.717) is 71.8 Å². The summed E-state index contributed by atoms with van der Waals surface area (Å²) in [5.74, 6) is -1.04. The summed E-state index contributed by atoms with van der Waals surface area (Å²) in [5.41, 5.74) is 5.65. The third kappa shape index (κ3) is 11.5. The van der Waals surface area contributed by atoms with Gasteiger partial charge in [0.2, 0.25) is 11.8 Å². The molecule has 5 aromatic rings. The van der Waals surface area contributed by atoms with Gasteiger partial charge in [-0.25, -0.2) is 9.97 Å². The third-order valence-corrected chi connectivity index (χ3v) is 10.9. The number of piperidine rings is 1. The average Bonchev–Trinajstić information content (AvgIpc) is 3.81. The number of carbonyl (C=O) groups excluding carboxylic acids is 4. The summed E-state index contributed by atoms with van der Waals surface area (Å²) in [6.45, 7) is 5.11. The van der Waals surface area contributed by atoms with E-state index in [0.717, 1.165) is 48.3 Å². The summed E-state index contributed by atoms with van der Waals surface area (Å²) in [5, 5.41) is 9.65. The summed E-state index contributed by atoms with van der Waals surface area (Å²) in [7, 11) is 1.92. The van der Waals surface area contributed by atoms with Gasteiger partial charge in [-0.05, 0) is 60.5 Å². The standard InChI is InChI=1S/C44H48N6O10S/c1-45-32-7-10-36-38(26-32)61-42(48-36)30-4-2-29(3-5-30)31-6-12-39(47-28-31)46-14-15-55-16-17-56-18-19-57-20-21-58-22-23-59-24-25-60-33-8-9-34-35(27-33)44(54)50(43(34)53)37-11-13-40(51)49-41(37)52/h2-10,12,26-28,37,45H,11,13-25H2,1H3,(H,46,47)(H,49,51,52). The van der Waals surface area contributed by atoms with Crippen molar-refractivity contribution in [2.24, 2.45) is 0 Å². The predicted octanol–water partition coefficient (Wildman–Crippen LogP) is 5.04. The van der Waals surface area contributed by atoms with Gasteiger partial charge in [0, 0.05) is 43.0 Å². The van der Waals surface area contributed by atoms with E-state index in [1.807, 2.05) is 31.4 Å². The van der Waals surface area contributed by atoms with Gasteiger partial charge >= 0.3 is 0 Å². The maximum Gasteiger partial charge on any atom is 0.262 e. The van der Waals surface area contributed by atoms with Gasteiger partial charge in [-0.2, -0.15) is 0 Å². The van der Waals surface area contributed by atoms with Crippen LogP contribution in [0.15, 0.2) is 79.0 Å². The van der Waals surface area contributed by atoms with Gasteiger partial charge in [0.1, 0.15) is 29.2 Å². The minimum Gasteiger partial charge on any atom is -0.491 e. The summed E-state index contributed by atoms with van der Waals surface area (Å²) in [4.78, 5) is 59.8. The van der Waals surface area contributed by atoms with Crippen LogP contribution in [0.5, 0.6) is 5.75 Å². The number of ether oxygens (including phenoxy) is 6. The zero-order valence-corrected chi connectivity index (χ0v) is 34.6. The highest BCUT2D eigenvalue weighted by Crippen LogP contribution is 2.33. The van der Waals surface area contributed by atoms with Crippen molar-refractivity contribution < 1.29 is 47.6 Å². The number of pyridine rings is 1. The third-order valence-electron chi connectivity index (χ3n) is 9.85. The number of nitrogens with zero attached hydrogens (tertiary/aromatic N) is 3. The van der Waals surface area contributed by atoms with Gasteiger partial charge in [-0.3, -0.25) is 29.4 Å². The van der Waals surface area contributed by atoms with Crippen molar-refractivity contribution in [3.05, 3.63) is 90.1 Å². The smallest absolute Gasteiger partial charge is 0.262 e. The van der Waals surface area contributed by atoms with Gasteiger partial charge in [-0.15, -0.1) is 11.3 Å². The van der Waals surface area contributed by atoms with E-state index in [4.69, 9.17) is 33.4 Å². The molecule has 1 atom stereocenters. The SMILES string of the molecule is CNc1ccc2nc(-c3ccc(-c4ccc(NCCOCCOCCOCCOCCOCCOc5ccc6c(c5)C(=O)N(C5CCC(=O)NC5=O)C6=O)nc4)cc3)sc2c1. The molecular weight excluding hydrogens is 805 g/mol. The molecular formula is C44H48N6O10S. The Bertz CT molecular complexity index is 2290. The predicted molar refractivity (Wildman–Crippen MR) is 229 cm³/mol. The van der Waals surface area contributed by atoms with Crippen LogP contribution < -0.4 is 20.7 Å². The second-order valence-corrected chi connectivity index (χ2v) is 15.0.